The Labute approximate surface area is 106 Å². The van der Waals surface area contributed by atoms with E-state index in [0.29, 0.717) is 17.6 Å². The van der Waals surface area contributed by atoms with Gasteiger partial charge in [0.05, 0.1) is 6.10 Å². The summed E-state index contributed by atoms with van der Waals surface area (Å²) in [5.41, 5.74) is 0.975. The zero-order valence-electron chi connectivity index (χ0n) is 10.1. The van der Waals surface area contributed by atoms with E-state index in [9.17, 15) is 5.11 Å². The van der Waals surface area contributed by atoms with Crippen LogP contribution in [0.5, 0.6) is 0 Å². The number of aromatic nitrogens is 2. The number of nitrogens with zero attached hydrogens (tertiary/aromatic N) is 2. The number of aliphatic hydroxyl groups is 1. The Bertz CT molecular complexity index is 502. The monoisotopic (exact) mass is 244 g/mol. The molecular formula is C14H16N2O2. The van der Waals surface area contributed by atoms with Crippen molar-refractivity contribution in [1.29, 1.82) is 0 Å². The molecule has 2 aromatic rings. The third kappa shape index (κ3) is 2.29. The lowest BCUT2D eigenvalue weighted by atomic mass is 9.87. The predicted octanol–water partition coefficient (Wildman–Crippen LogP) is 2.76. The molecule has 0 unspecified atom stereocenters. The van der Waals surface area contributed by atoms with Crippen LogP contribution in [0.3, 0.4) is 0 Å². The highest BCUT2D eigenvalue weighted by Crippen LogP contribution is 2.32. The Morgan fingerprint density at radius 3 is 2.50 bits per heavy atom. The highest BCUT2D eigenvalue weighted by atomic mass is 16.5. The van der Waals surface area contributed by atoms with E-state index in [0.717, 1.165) is 31.2 Å². The van der Waals surface area contributed by atoms with Crippen molar-refractivity contribution in [3.63, 3.8) is 0 Å². The molecule has 1 aromatic carbocycles. The fourth-order valence-corrected chi connectivity index (χ4v) is 2.43. The van der Waals surface area contributed by atoms with Gasteiger partial charge >= 0.3 is 0 Å². The first-order valence-corrected chi connectivity index (χ1v) is 6.40. The fourth-order valence-electron chi connectivity index (χ4n) is 2.43. The second kappa shape index (κ2) is 4.90. The Morgan fingerprint density at radius 2 is 1.78 bits per heavy atom. The van der Waals surface area contributed by atoms with E-state index in [-0.39, 0.29) is 6.10 Å². The van der Waals surface area contributed by atoms with Gasteiger partial charge in [0.1, 0.15) is 0 Å². The van der Waals surface area contributed by atoms with Gasteiger partial charge in [-0.15, -0.1) is 0 Å². The first-order chi connectivity index (χ1) is 8.83. The third-order valence-electron chi connectivity index (χ3n) is 3.52. The molecule has 1 aromatic heterocycles. The maximum absolute atomic E-state index is 9.49. The molecule has 0 radical (unpaired) electrons. The first-order valence-electron chi connectivity index (χ1n) is 6.40. The molecule has 0 spiro atoms. The smallest absolute Gasteiger partial charge is 0.230 e. The number of benzene rings is 1. The summed E-state index contributed by atoms with van der Waals surface area (Å²) < 4.78 is 5.35. The highest BCUT2D eigenvalue weighted by molar-refractivity contribution is 5.53. The van der Waals surface area contributed by atoms with Crippen molar-refractivity contribution in [2.45, 2.75) is 37.7 Å². The minimum atomic E-state index is -0.155. The normalized spacial score (nSPS) is 24.1. The van der Waals surface area contributed by atoms with E-state index < -0.39 is 0 Å². The average molecular weight is 244 g/mol. The van der Waals surface area contributed by atoms with Gasteiger partial charge in [-0.1, -0.05) is 35.5 Å². The molecule has 0 saturated heterocycles. The van der Waals surface area contributed by atoms with E-state index in [1.54, 1.807) is 0 Å². The number of aliphatic hydroxyl groups excluding tert-OH is 1. The van der Waals surface area contributed by atoms with Crippen molar-refractivity contribution < 1.29 is 9.63 Å². The van der Waals surface area contributed by atoms with Gasteiger partial charge in [-0.2, -0.15) is 4.98 Å². The zero-order valence-corrected chi connectivity index (χ0v) is 10.1. The molecule has 0 bridgehead atoms. The summed E-state index contributed by atoms with van der Waals surface area (Å²) in [5, 5.41) is 13.5. The number of hydrogen-bond acceptors (Lipinski definition) is 4. The number of rotatable bonds is 2. The molecule has 0 atom stereocenters. The lowest BCUT2D eigenvalue weighted by Gasteiger charge is -2.22. The largest absolute Gasteiger partial charge is 0.393 e. The summed E-state index contributed by atoms with van der Waals surface area (Å²) in [5.74, 6) is 1.66. The third-order valence-corrected chi connectivity index (χ3v) is 3.52. The predicted molar refractivity (Wildman–Crippen MR) is 66.9 cm³/mol. The van der Waals surface area contributed by atoms with Crippen molar-refractivity contribution in [3.05, 3.63) is 36.2 Å². The molecule has 0 aliphatic heterocycles. The van der Waals surface area contributed by atoms with Crippen molar-refractivity contribution in [3.8, 4) is 11.4 Å². The topological polar surface area (TPSA) is 59.2 Å². The van der Waals surface area contributed by atoms with E-state index >= 15 is 0 Å². The van der Waals surface area contributed by atoms with Crippen molar-refractivity contribution in [2.75, 3.05) is 0 Å². The van der Waals surface area contributed by atoms with Crippen LogP contribution in [-0.4, -0.2) is 21.4 Å². The van der Waals surface area contributed by atoms with E-state index in [1.807, 2.05) is 30.3 Å². The summed E-state index contributed by atoms with van der Waals surface area (Å²) >= 11 is 0. The zero-order chi connectivity index (χ0) is 12.4. The van der Waals surface area contributed by atoms with Crippen LogP contribution < -0.4 is 0 Å². The molecule has 94 valence electrons. The second-order valence-corrected chi connectivity index (χ2v) is 4.83. The highest BCUT2D eigenvalue weighted by Gasteiger charge is 2.25. The quantitative estimate of drug-likeness (QED) is 0.882. The molecule has 1 saturated carbocycles. The molecule has 0 amide bonds. The SMILES string of the molecule is OC1CCC(c2nc(-c3ccccc3)no2)CC1. The molecule has 4 heteroatoms. The average Bonchev–Trinajstić information content (AvgIpc) is 2.90. The Hall–Kier alpha value is -1.68. The van der Waals surface area contributed by atoms with Crippen LogP contribution in [0.15, 0.2) is 34.9 Å². The van der Waals surface area contributed by atoms with Crippen molar-refractivity contribution >= 4 is 0 Å². The Kier molecular flexibility index (Phi) is 3.11. The molecule has 1 heterocycles. The maximum atomic E-state index is 9.49. The molecule has 1 fully saturated rings. The van der Waals surface area contributed by atoms with Crippen LogP contribution >= 0.6 is 0 Å². The lowest BCUT2D eigenvalue weighted by Crippen LogP contribution is -2.17. The van der Waals surface area contributed by atoms with Gasteiger partial charge in [0, 0.05) is 11.5 Å². The van der Waals surface area contributed by atoms with Crippen molar-refractivity contribution in [1.82, 2.24) is 10.1 Å². The van der Waals surface area contributed by atoms with E-state index in [4.69, 9.17) is 4.52 Å². The Balaban J connectivity index is 1.78. The van der Waals surface area contributed by atoms with Crippen LogP contribution in [0.4, 0.5) is 0 Å². The summed E-state index contributed by atoms with van der Waals surface area (Å²) in [6.45, 7) is 0. The first kappa shape index (κ1) is 11.4. The van der Waals surface area contributed by atoms with E-state index in [2.05, 4.69) is 10.1 Å². The van der Waals surface area contributed by atoms with E-state index in [1.165, 1.54) is 0 Å². The minimum Gasteiger partial charge on any atom is -0.393 e. The van der Waals surface area contributed by atoms with Gasteiger partial charge in [0.15, 0.2) is 0 Å². The molecule has 1 aliphatic carbocycles. The van der Waals surface area contributed by atoms with Crippen LogP contribution in [0.1, 0.15) is 37.5 Å². The summed E-state index contributed by atoms with van der Waals surface area (Å²) in [7, 11) is 0. The van der Waals surface area contributed by atoms with Gasteiger partial charge in [-0.05, 0) is 25.7 Å². The summed E-state index contributed by atoms with van der Waals surface area (Å²) in [6.07, 6.45) is 3.36. The maximum Gasteiger partial charge on any atom is 0.230 e. The van der Waals surface area contributed by atoms with Gasteiger partial charge < -0.3 is 9.63 Å². The van der Waals surface area contributed by atoms with Gasteiger partial charge in [-0.25, -0.2) is 0 Å². The Morgan fingerprint density at radius 1 is 1.06 bits per heavy atom. The summed E-state index contributed by atoms with van der Waals surface area (Å²) in [4.78, 5) is 4.47. The molecule has 1 N–H and O–H groups in total. The molecule has 3 rings (SSSR count). The van der Waals surface area contributed by atoms with Gasteiger partial charge in [-0.3, -0.25) is 0 Å². The second-order valence-electron chi connectivity index (χ2n) is 4.83. The van der Waals surface area contributed by atoms with Gasteiger partial charge in [0.25, 0.3) is 0 Å². The van der Waals surface area contributed by atoms with Crippen LogP contribution in [0.2, 0.25) is 0 Å². The molecule has 4 nitrogen and oxygen atoms in total. The van der Waals surface area contributed by atoms with Crippen LogP contribution in [-0.2, 0) is 0 Å². The fraction of sp³-hybridized carbons (Fsp3) is 0.429. The molecule has 1 aliphatic rings. The van der Waals surface area contributed by atoms with Crippen molar-refractivity contribution in [2.24, 2.45) is 0 Å². The molecular weight excluding hydrogens is 228 g/mol. The molecule has 18 heavy (non-hydrogen) atoms. The minimum absolute atomic E-state index is 0.155. The van der Waals surface area contributed by atoms with Crippen LogP contribution in [0, 0.1) is 0 Å². The number of hydrogen-bond donors (Lipinski definition) is 1. The van der Waals surface area contributed by atoms with Gasteiger partial charge in [0.2, 0.25) is 11.7 Å². The standard InChI is InChI=1S/C14H16N2O2/c17-12-8-6-11(7-9-12)14-15-13(16-18-14)10-4-2-1-3-5-10/h1-5,11-12,17H,6-9H2. The van der Waals surface area contributed by atoms with Crippen LogP contribution in [0.25, 0.3) is 11.4 Å². The lowest BCUT2D eigenvalue weighted by molar-refractivity contribution is 0.116. The summed E-state index contributed by atoms with van der Waals surface area (Å²) in [6, 6.07) is 9.83.